The minimum Gasteiger partial charge on any atom is -0.260 e. The summed E-state index contributed by atoms with van der Waals surface area (Å²) in [7, 11) is -3.72. The summed E-state index contributed by atoms with van der Waals surface area (Å²) in [5, 5.41) is 0. The molecular formula is C26H29NO2S. The van der Waals surface area contributed by atoms with Gasteiger partial charge in [0.2, 0.25) is 0 Å². The van der Waals surface area contributed by atoms with Gasteiger partial charge in [0, 0.05) is 5.41 Å². The number of hydrogen-bond acceptors (Lipinski definition) is 2. The molecule has 1 unspecified atom stereocenters. The molecule has 0 aliphatic carbocycles. The van der Waals surface area contributed by atoms with E-state index in [2.05, 4.69) is 43.3 Å². The van der Waals surface area contributed by atoms with Crippen LogP contribution in [0, 0.1) is 13.8 Å². The van der Waals surface area contributed by atoms with Crippen LogP contribution >= 0.6 is 0 Å². The quantitative estimate of drug-likeness (QED) is 0.523. The van der Waals surface area contributed by atoms with Gasteiger partial charge in [-0.15, -0.1) is 0 Å². The standard InChI is InChI=1S/C26H29NO2S/c1-19-11-14-22(15-12-19)30(28,29)27-24-17-20(2)13-16-23(24)26(5,18-25(27,3)4)21-9-7-6-8-10-21/h6-17H,18H2,1-5H3. The first-order valence-electron chi connectivity index (χ1n) is 10.3. The summed E-state index contributed by atoms with van der Waals surface area (Å²) in [6.07, 6.45) is 0.686. The molecule has 1 atom stereocenters. The Kier molecular flexibility index (Phi) is 4.81. The van der Waals surface area contributed by atoms with Gasteiger partial charge >= 0.3 is 0 Å². The van der Waals surface area contributed by atoms with E-state index in [1.807, 2.05) is 52.0 Å². The lowest BCUT2D eigenvalue weighted by Gasteiger charge is -2.51. The smallest absolute Gasteiger partial charge is 0.260 e. The summed E-state index contributed by atoms with van der Waals surface area (Å²) in [6.45, 7) is 10.3. The second-order valence-electron chi connectivity index (χ2n) is 9.29. The van der Waals surface area contributed by atoms with Gasteiger partial charge in [-0.3, -0.25) is 4.31 Å². The number of hydrogen-bond donors (Lipinski definition) is 0. The third-order valence-electron chi connectivity index (χ3n) is 6.27. The molecule has 0 N–H and O–H groups in total. The third kappa shape index (κ3) is 3.24. The highest BCUT2D eigenvalue weighted by atomic mass is 32.2. The van der Waals surface area contributed by atoms with E-state index in [1.54, 1.807) is 16.4 Å². The molecule has 0 amide bonds. The van der Waals surface area contributed by atoms with Crippen molar-refractivity contribution in [2.45, 2.75) is 56.9 Å². The van der Waals surface area contributed by atoms with Crippen molar-refractivity contribution in [3.8, 4) is 0 Å². The fourth-order valence-electron chi connectivity index (χ4n) is 4.97. The van der Waals surface area contributed by atoms with Crippen molar-refractivity contribution in [3.63, 3.8) is 0 Å². The maximum Gasteiger partial charge on any atom is 0.264 e. The van der Waals surface area contributed by atoms with Crippen molar-refractivity contribution >= 4 is 15.7 Å². The molecule has 4 heteroatoms. The van der Waals surface area contributed by atoms with Crippen LogP contribution in [0.5, 0.6) is 0 Å². The second-order valence-corrected chi connectivity index (χ2v) is 11.1. The molecule has 0 saturated carbocycles. The Labute approximate surface area is 180 Å². The minimum absolute atomic E-state index is 0.285. The molecule has 4 rings (SSSR count). The summed E-state index contributed by atoms with van der Waals surface area (Å²) in [5.41, 5.74) is 4.23. The molecule has 156 valence electrons. The molecule has 0 fully saturated rings. The number of benzene rings is 3. The van der Waals surface area contributed by atoms with Crippen molar-refractivity contribution in [2.24, 2.45) is 0 Å². The average molecular weight is 420 g/mol. The molecule has 3 aromatic carbocycles. The summed E-state index contributed by atoms with van der Waals surface area (Å²) in [5.74, 6) is 0. The van der Waals surface area contributed by atoms with Crippen LogP contribution in [-0.4, -0.2) is 14.0 Å². The highest BCUT2D eigenvalue weighted by Crippen LogP contribution is 2.52. The van der Waals surface area contributed by atoms with Crippen LogP contribution < -0.4 is 4.31 Å². The average Bonchev–Trinajstić information content (AvgIpc) is 2.67. The molecule has 0 radical (unpaired) electrons. The fraction of sp³-hybridized carbons (Fsp3) is 0.308. The molecular weight excluding hydrogens is 390 g/mol. The first kappa shape index (κ1) is 20.7. The van der Waals surface area contributed by atoms with Gasteiger partial charge in [-0.05, 0) is 69.0 Å². The lowest BCUT2D eigenvalue weighted by Crippen LogP contribution is -2.55. The number of sulfonamides is 1. The zero-order chi connectivity index (χ0) is 21.7. The molecule has 0 aromatic heterocycles. The van der Waals surface area contributed by atoms with Gasteiger partial charge in [0.15, 0.2) is 0 Å². The van der Waals surface area contributed by atoms with E-state index in [9.17, 15) is 8.42 Å². The van der Waals surface area contributed by atoms with Crippen LogP contribution in [0.25, 0.3) is 0 Å². The van der Waals surface area contributed by atoms with Gasteiger partial charge in [-0.2, -0.15) is 0 Å². The summed E-state index contributed by atoms with van der Waals surface area (Å²) < 4.78 is 29.4. The SMILES string of the molecule is Cc1ccc(S(=O)(=O)N2c3cc(C)ccc3C(C)(c3ccccc3)CC2(C)C)cc1. The first-order chi connectivity index (χ1) is 14.1. The number of rotatable bonds is 3. The van der Waals surface area contributed by atoms with Crippen molar-refractivity contribution < 1.29 is 8.42 Å². The summed E-state index contributed by atoms with van der Waals surface area (Å²) in [6, 6.07) is 23.7. The van der Waals surface area contributed by atoms with Crippen LogP contribution in [0.4, 0.5) is 5.69 Å². The van der Waals surface area contributed by atoms with E-state index in [0.29, 0.717) is 11.3 Å². The van der Waals surface area contributed by atoms with Gasteiger partial charge in [0.05, 0.1) is 16.1 Å². The molecule has 0 bridgehead atoms. The van der Waals surface area contributed by atoms with Crippen molar-refractivity contribution in [2.75, 3.05) is 4.31 Å². The van der Waals surface area contributed by atoms with Crippen molar-refractivity contribution in [1.29, 1.82) is 0 Å². The zero-order valence-electron chi connectivity index (χ0n) is 18.3. The van der Waals surface area contributed by atoms with Crippen molar-refractivity contribution in [1.82, 2.24) is 0 Å². The van der Waals surface area contributed by atoms with E-state index < -0.39 is 15.6 Å². The van der Waals surface area contributed by atoms with Crippen LogP contribution in [0.1, 0.15) is 49.4 Å². The van der Waals surface area contributed by atoms with E-state index in [0.717, 1.165) is 22.4 Å². The van der Waals surface area contributed by atoms with Gasteiger partial charge < -0.3 is 0 Å². The Morgan fingerprint density at radius 2 is 1.40 bits per heavy atom. The third-order valence-corrected chi connectivity index (χ3v) is 8.31. The molecule has 1 heterocycles. The predicted octanol–water partition coefficient (Wildman–Crippen LogP) is 5.99. The van der Waals surface area contributed by atoms with Crippen LogP contribution in [0.2, 0.25) is 0 Å². The lowest BCUT2D eigenvalue weighted by molar-refractivity contribution is 0.351. The Morgan fingerprint density at radius 1 is 0.800 bits per heavy atom. The minimum atomic E-state index is -3.72. The normalized spacial score (nSPS) is 20.6. The maximum atomic E-state index is 13.9. The highest BCUT2D eigenvalue weighted by molar-refractivity contribution is 7.93. The Bertz CT molecular complexity index is 1180. The Hall–Kier alpha value is -2.59. The molecule has 0 saturated heterocycles. The molecule has 0 spiro atoms. The van der Waals surface area contributed by atoms with Gasteiger partial charge in [0.25, 0.3) is 10.0 Å². The number of aryl methyl sites for hydroxylation is 2. The molecule has 1 aliphatic rings. The highest BCUT2D eigenvalue weighted by Gasteiger charge is 2.50. The Morgan fingerprint density at radius 3 is 2.03 bits per heavy atom. The van der Waals surface area contributed by atoms with Crippen LogP contribution in [0.3, 0.4) is 0 Å². The molecule has 3 aromatic rings. The molecule has 30 heavy (non-hydrogen) atoms. The van der Waals surface area contributed by atoms with Gasteiger partial charge in [-0.25, -0.2) is 8.42 Å². The van der Waals surface area contributed by atoms with Gasteiger partial charge in [0.1, 0.15) is 0 Å². The summed E-state index contributed by atoms with van der Waals surface area (Å²) in [4.78, 5) is 0.331. The monoisotopic (exact) mass is 419 g/mol. The fourth-order valence-corrected chi connectivity index (χ4v) is 6.78. The zero-order valence-corrected chi connectivity index (χ0v) is 19.1. The maximum absolute atomic E-state index is 13.9. The largest absolute Gasteiger partial charge is 0.264 e. The topological polar surface area (TPSA) is 37.4 Å². The van der Waals surface area contributed by atoms with Crippen molar-refractivity contribution in [3.05, 3.63) is 95.1 Å². The Balaban J connectivity index is 1.98. The van der Waals surface area contributed by atoms with Crippen LogP contribution in [-0.2, 0) is 15.4 Å². The first-order valence-corrected chi connectivity index (χ1v) is 11.8. The van der Waals surface area contributed by atoms with E-state index in [-0.39, 0.29) is 5.41 Å². The van der Waals surface area contributed by atoms with Gasteiger partial charge in [-0.1, -0.05) is 67.1 Å². The molecule has 1 aliphatic heterocycles. The van der Waals surface area contributed by atoms with E-state index in [1.165, 1.54) is 5.56 Å². The lowest BCUT2D eigenvalue weighted by atomic mass is 9.66. The molecule has 3 nitrogen and oxygen atoms in total. The van der Waals surface area contributed by atoms with E-state index >= 15 is 0 Å². The second kappa shape index (κ2) is 6.98. The van der Waals surface area contributed by atoms with E-state index in [4.69, 9.17) is 0 Å². The number of anilines is 1. The predicted molar refractivity (Wildman–Crippen MR) is 124 cm³/mol. The van der Waals surface area contributed by atoms with Crippen LogP contribution in [0.15, 0.2) is 77.7 Å². The summed E-state index contributed by atoms with van der Waals surface area (Å²) >= 11 is 0. The number of fused-ring (bicyclic) bond motifs is 1. The number of nitrogens with zero attached hydrogens (tertiary/aromatic N) is 1.